The van der Waals surface area contributed by atoms with E-state index in [1.807, 2.05) is 31.2 Å². The van der Waals surface area contributed by atoms with Crippen LogP contribution in [-0.4, -0.2) is 8.42 Å². The fraction of sp³-hybridized carbons (Fsp3) is 0.143. The molecule has 5 N–H and O–H groups in total. The van der Waals surface area contributed by atoms with Crippen molar-refractivity contribution in [1.29, 1.82) is 0 Å². The van der Waals surface area contributed by atoms with E-state index in [-0.39, 0.29) is 16.6 Å². The van der Waals surface area contributed by atoms with Gasteiger partial charge in [0.15, 0.2) is 0 Å². The smallest absolute Gasteiger partial charge is 0.240 e. The lowest BCUT2D eigenvalue weighted by Gasteiger charge is -2.16. The van der Waals surface area contributed by atoms with Crippen molar-refractivity contribution in [3.63, 3.8) is 0 Å². The Hall–Kier alpha value is -1.76. The molecule has 2 aromatic carbocycles. The third-order valence-corrected chi connectivity index (χ3v) is 4.31. The largest absolute Gasteiger partial charge is 0.398 e. The van der Waals surface area contributed by atoms with Crippen LogP contribution in [0, 0.1) is 0 Å². The average molecular weight is 326 g/mol. The third-order valence-electron chi connectivity index (χ3n) is 3.07. The van der Waals surface area contributed by atoms with Crippen LogP contribution in [0.2, 0.25) is 5.02 Å². The van der Waals surface area contributed by atoms with Gasteiger partial charge in [-0.3, -0.25) is 0 Å². The van der Waals surface area contributed by atoms with Crippen molar-refractivity contribution in [2.45, 2.75) is 17.9 Å². The molecule has 0 spiro atoms. The molecule has 0 aliphatic heterocycles. The minimum Gasteiger partial charge on any atom is -0.398 e. The predicted molar refractivity (Wildman–Crippen MR) is 85.7 cm³/mol. The number of rotatable bonds is 4. The predicted octanol–water partition coefficient (Wildman–Crippen LogP) is 2.74. The van der Waals surface area contributed by atoms with Crippen LogP contribution in [0.4, 0.5) is 11.4 Å². The minimum absolute atomic E-state index is 0.0157. The highest BCUT2D eigenvalue weighted by molar-refractivity contribution is 7.89. The summed E-state index contributed by atoms with van der Waals surface area (Å²) in [6.07, 6.45) is 0. The zero-order chi connectivity index (χ0) is 15.6. The van der Waals surface area contributed by atoms with Crippen molar-refractivity contribution < 1.29 is 8.42 Å². The van der Waals surface area contributed by atoms with Gasteiger partial charge in [0.05, 0.1) is 5.69 Å². The summed E-state index contributed by atoms with van der Waals surface area (Å²) in [5.41, 5.74) is 7.60. The molecule has 112 valence electrons. The van der Waals surface area contributed by atoms with Gasteiger partial charge in [-0.2, -0.15) is 0 Å². The number of nitrogens with one attached hydrogen (secondary N) is 1. The Morgan fingerprint density at radius 3 is 2.29 bits per heavy atom. The first-order chi connectivity index (χ1) is 9.77. The Bertz CT molecular complexity index is 745. The summed E-state index contributed by atoms with van der Waals surface area (Å²) in [5, 5.41) is 8.99. The number of halogens is 1. The van der Waals surface area contributed by atoms with Gasteiger partial charge in [-0.25, -0.2) is 13.6 Å². The minimum atomic E-state index is -3.80. The first-order valence-electron chi connectivity index (χ1n) is 6.21. The normalized spacial score (nSPS) is 12.9. The maximum absolute atomic E-state index is 11.3. The van der Waals surface area contributed by atoms with E-state index in [9.17, 15) is 8.42 Å². The summed E-state index contributed by atoms with van der Waals surface area (Å²) in [5.74, 6) is 0. The molecule has 1 unspecified atom stereocenters. The van der Waals surface area contributed by atoms with Crippen molar-refractivity contribution in [2.24, 2.45) is 5.14 Å². The van der Waals surface area contributed by atoms with Crippen LogP contribution in [0.5, 0.6) is 0 Å². The second kappa shape index (κ2) is 5.93. The van der Waals surface area contributed by atoms with Crippen LogP contribution in [-0.2, 0) is 10.0 Å². The molecule has 21 heavy (non-hydrogen) atoms. The quantitative estimate of drug-likeness (QED) is 0.753. The van der Waals surface area contributed by atoms with Crippen LogP contribution in [0.1, 0.15) is 18.5 Å². The van der Waals surface area contributed by atoms with E-state index in [0.717, 1.165) is 5.56 Å². The number of benzene rings is 2. The Morgan fingerprint density at radius 2 is 1.76 bits per heavy atom. The lowest BCUT2D eigenvalue weighted by molar-refractivity contribution is 0.598. The van der Waals surface area contributed by atoms with Gasteiger partial charge in [-0.15, -0.1) is 0 Å². The van der Waals surface area contributed by atoms with Gasteiger partial charge in [0.1, 0.15) is 4.90 Å². The molecule has 0 saturated carbocycles. The average Bonchev–Trinajstić information content (AvgIpc) is 2.37. The highest BCUT2D eigenvalue weighted by atomic mass is 35.5. The van der Waals surface area contributed by atoms with Gasteiger partial charge in [-0.1, -0.05) is 23.7 Å². The fourth-order valence-electron chi connectivity index (χ4n) is 1.98. The van der Waals surface area contributed by atoms with E-state index in [1.54, 1.807) is 12.1 Å². The Kier molecular flexibility index (Phi) is 4.41. The zero-order valence-electron chi connectivity index (χ0n) is 11.4. The van der Waals surface area contributed by atoms with Gasteiger partial charge in [0, 0.05) is 16.8 Å². The molecule has 0 bridgehead atoms. The first kappa shape index (κ1) is 15.6. The Balaban J connectivity index is 2.20. The van der Waals surface area contributed by atoms with Crippen molar-refractivity contribution in [3.8, 4) is 0 Å². The van der Waals surface area contributed by atoms with Crippen LogP contribution in [0.25, 0.3) is 0 Å². The van der Waals surface area contributed by atoms with Crippen molar-refractivity contribution in [1.82, 2.24) is 0 Å². The number of hydrogen-bond donors (Lipinski definition) is 3. The lowest BCUT2D eigenvalue weighted by Crippen LogP contribution is -2.14. The lowest BCUT2D eigenvalue weighted by atomic mass is 10.1. The van der Waals surface area contributed by atoms with Crippen LogP contribution in [0.3, 0.4) is 0 Å². The van der Waals surface area contributed by atoms with Crippen molar-refractivity contribution >= 4 is 33.0 Å². The van der Waals surface area contributed by atoms with Crippen LogP contribution >= 0.6 is 11.6 Å². The third kappa shape index (κ3) is 3.87. The highest BCUT2D eigenvalue weighted by Gasteiger charge is 2.13. The second-order valence-corrected chi connectivity index (χ2v) is 6.68. The molecule has 5 nitrogen and oxygen atoms in total. The molecule has 1 atom stereocenters. The number of hydrogen-bond acceptors (Lipinski definition) is 4. The maximum Gasteiger partial charge on any atom is 0.240 e. The maximum atomic E-state index is 11.3. The van der Waals surface area contributed by atoms with Crippen LogP contribution < -0.4 is 16.2 Å². The molecule has 0 aliphatic rings. The molecule has 0 amide bonds. The molecule has 0 fully saturated rings. The summed E-state index contributed by atoms with van der Waals surface area (Å²) in [6, 6.07) is 12.0. The zero-order valence-corrected chi connectivity index (χ0v) is 12.9. The number of anilines is 2. The van der Waals surface area contributed by atoms with Crippen molar-refractivity contribution in [3.05, 3.63) is 53.1 Å². The molecule has 2 aromatic rings. The molecular weight excluding hydrogens is 310 g/mol. The van der Waals surface area contributed by atoms with Gasteiger partial charge < -0.3 is 11.1 Å². The molecule has 2 rings (SSSR count). The molecule has 0 heterocycles. The van der Waals surface area contributed by atoms with E-state index < -0.39 is 10.0 Å². The van der Waals surface area contributed by atoms with Crippen LogP contribution in [0.15, 0.2) is 47.4 Å². The van der Waals surface area contributed by atoms with Gasteiger partial charge in [-0.05, 0) is 42.8 Å². The number of nitrogen functional groups attached to an aromatic ring is 1. The van der Waals surface area contributed by atoms with Gasteiger partial charge >= 0.3 is 0 Å². The summed E-state index contributed by atoms with van der Waals surface area (Å²) in [4.78, 5) is -0.0767. The molecule has 0 aromatic heterocycles. The first-order valence-corrected chi connectivity index (χ1v) is 8.14. The SMILES string of the molecule is CC(Nc1ccc(S(N)(=O)=O)c(N)c1)c1ccc(Cl)cc1. The Labute approximate surface area is 129 Å². The topological polar surface area (TPSA) is 98.2 Å². The van der Waals surface area contributed by atoms with Gasteiger partial charge in [0.2, 0.25) is 10.0 Å². The van der Waals surface area contributed by atoms with E-state index >= 15 is 0 Å². The van der Waals surface area contributed by atoms with E-state index in [1.165, 1.54) is 6.07 Å². The molecule has 0 radical (unpaired) electrons. The number of primary sulfonamides is 1. The summed E-state index contributed by atoms with van der Waals surface area (Å²) >= 11 is 5.85. The molecule has 0 saturated heterocycles. The van der Waals surface area contributed by atoms with E-state index in [4.69, 9.17) is 22.5 Å². The summed E-state index contributed by atoms with van der Waals surface area (Å²) < 4.78 is 22.6. The molecule has 7 heteroatoms. The molecule has 0 aliphatic carbocycles. The fourth-order valence-corrected chi connectivity index (χ4v) is 2.75. The summed E-state index contributed by atoms with van der Waals surface area (Å²) in [7, 11) is -3.80. The number of nitrogens with two attached hydrogens (primary N) is 2. The van der Waals surface area contributed by atoms with Crippen molar-refractivity contribution in [2.75, 3.05) is 11.1 Å². The molecular formula is C14H16ClN3O2S. The summed E-state index contributed by atoms with van der Waals surface area (Å²) in [6.45, 7) is 1.98. The number of sulfonamides is 1. The highest BCUT2D eigenvalue weighted by Crippen LogP contribution is 2.25. The second-order valence-electron chi connectivity index (χ2n) is 4.72. The Morgan fingerprint density at radius 1 is 1.14 bits per heavy atom. The van der Waals surface area contributed by atoms with Gasteiger partial charge in [0.25, 0.3) is 0 Å². The monoisotopic (exact) mass is 325 g/mol. The van der Waals surface area contributed by atoms with E-state index in [0.29, 0.717) is 10.7 Å². The van der Waals surface area contributed by atoms with E-state index in [2.05, 4.69) is 5.32 Å². The standard InChI is InChI=1S/C14H16ClN3O2S/c1-9(10-2-4-11(15)5-3-10)18-12-6-7-14(13(16)8-12)21(17,19)20/h2-9,18H,16H2,1H3,(H2,17,19,20).